The molecular weight excluding hydrogens is 403 g/mol. The smallest absolute Gasteiger partial charge is 0.328 e. The number of benzene rings is 1. The molecule has 0 aliphatic carbocycles. The maximum atomic E-state index is 14.5. The molecule has 0 bridgehead atoms. The van der Waals surface area contributed by atoms with Crippen molar-refractivity contribution in [3.05, 3.63) is 67.7 Å². The van der Waals surface area contributed by atoms with Gasteiger partial charge in [-0.15, -0.1) is 0 Å². The first kappa shape index (κ1) is 22.9. The molecule has 1 atom stereocenters. The maximum absolute atomic E-state index is 14.5. The number of nitrogens with zero attached hydrogens (tertiary/aromatic N) is 3. The minimum Gasteiger partial charge on any atom is -0.396 e. The third kappa shape index (κ3) is 5.11. The van der Waals surface area contributed by atoms with Crippen molar-refractivity contribution in [3.8, 4) is 0 Å². The van der Waals surface area contributed by atoms with Gasteiger partial charge in [0.1, 0.15) is 5.82 Å². The molecule has 2 N–H and O–H groups in total. The Morgan fingerprint density at radius 1 is 1.26 bits per heavy atom. The number of aryl methyl sites for hydroxylation is 1. The van der Waals surface area contributed by atoms with Gasteiger partial charge in [0.2, 0.25) is 0 Å². The van der Waals surface area contributed by atoms with Gasteiger partial charge in [0.05, 0.1) is 12.1 Å². The van der Waals surface area contributed by atoms with Crippen molar-refractivity contribution >= 4 is 5.91 Å². The number of aromatic nitrogens is 2. The van der Waals surface area contributed by atoms with Gasteiger partial charge < -0.3 is 10.0 Å². The van der Waals surface area contributed by atoms with Gasteiger partial charge in [-0.1, -0.05) is 19.9 Å². The molecule has 8 nitrogen and oxygen atoms in total. The van der Waals surface area contributed by atoms with Gasteiger partial charge in [0, 0.05) is 44.0 Å². The molecule has 0 saturated carbocycles. The van der Waals surface area contributed by atoms with E-state index in [0.717, 1.165) is 6.54 Å². The molecule has 0 radical (unpaired) electrons. The molecule has 168 valence electrons. The molecule has 1 fully saturated rings. The summed E-state index contributed by atoms with van der Waals surface area (Å²) in [5.74, 6) is -1.02. The first-order valence-electron chi connectivity index (χ1n) is 10.6. The normalized spacial score (nSPS) is 17.2. The Labute approximate surface area is 179 Å². The molecule has 1 aromatic carbocycles. The lowest BCUT2D eigenvalue weighted by molar-refractivity contribution is 0.0436. The van der Waals surface area contributed by atoms with Gasteiger partial charge in [-0.05, 0) is 37.1 Å². The second-order valence-electron chi connectivity index (χ2n) is 7.76. The van der Waals surface area contributed by atoms with E-state index in [0.29, 0.717) is 43.6 Å². The van der Waals surface area contributed by atoms with Gasteiger partial charge in [-0.2, -0.15) is 0 Å². The Morgan fingerprint density at radius 3 is 2.71 bits per heavy atom. The molecule has 1 aromatic heterocycles. The quantitative estimate of drug-likeness (QED) is 0.675. The number of likely N-dealkylation sites (N-methyl/N-ethyl adjacent to an activating group) is 1. The van der Waals surface area contributed by atoms with Crippen molar-refractivity contribution in [1.82, 2.24) is 19.4 Å². The third-order valence-corrected chi connectivity index (χ3v) is 5.84. The van der Waals surface area contributed by atoms with Gasteiger partial charge in [-0.25, -0.2) is 9.18 Å². The van der Waals surface area contributed by atoms with E-state index in [9.17, 15) is 23.9 Å². The first-order valence-corrected chi connectivity index (χ1v) is 10.6. The SMILES string of the molecule is CCc1cn(Cc2ccc(F)c(C(=O)N3CCN(CC)[C@H](CCO)C3)c2)c(=O)[nH]c1=O. The summed E-state index contributed by atoms with van der Waals surface area (Å²) in [6, 6.07) is 4.26. The van der Waals surface area contributed by atoms with E-state index in [1.54, 1.807) is 4.90 Å². The number of hydrogen-bond acceptors (Lipinski definition) is 5. The van der Waals surface area contributed by atoms with Crippen LogP contribution in [0.3, 0.4) is 0 Å². The molecule has 0 unspecified atom stereocenters. The number of H-pyrrole nitrogens is 1. The summed E-state index contributed by atoms with van der Waals surface area (Å²) < 4.78 is 15.9. The topological polar surface area (TPSA) is 98.6 Å². The number of aromatic amines is 1. The fourth-order valence-electron chi connectivity index (χ4n) is 4.04. The first-order chi connectivity index (χ1) is 14.9. The van der Waals surface area contributed by atoms with E-state index in [-0.39, 0.29) is 24.8 Å². The summed E-state index contributed by atoms with van der Waals surface area (Å²) in [5, 5.41) is 9.33. The number of piperazine rings is 1. The molecular formula is C22H29FN4O4. The van der Waals surface area contributed by atoms with Crippen LogP contribution < -0.4 is 11.2 Å². The maximum Gasteiger partial charge on any atom is 0.328 e. The molecule has 3 rings (SSSR count). The van der Waals surface area contributed by atoms with Crippen molar-refractivity contribution in [2.24, 2.45) is 0 Å². The second kappa shape index (κ2) is 10.0. The number of carbonyl (C=O) groups excluding carboxylic acids is 1. The lowest BCUT2D eigenvalue weighted by atomic mass is 10.1. The molecule has 1 aliphatic rings. The van der Waals surface area contributed by atoms with Gasteiger partial charge in [-0.3, -0.25) is 24.0 Å². The van der Waals surface area contributed by atoms with Gasteiger partial charge in [0.15, 0.2) is 0 Å². The zero-order valence-electron chi connectivity index (χ0n) is 17.9. The minimum absolute atomic E-state index is 0.0285. The van der Waals surface area contributed by atoms with Crippen LogP contribution in [-0.4, -0.2) is 69.2 Å². The van der Waals surface area contributed by atoms with Gasteiger partial charge >= 0.3 is 5.69 Å². The zero-order valence-corrected chi connectivity index (χ0v) is 17.9. The second-order valence-corrected chi connectivity index (χ2v) is 7.76. The molecule has 9 heteroatoms. The number of halogens is 1. The van der Waals surface area contributed by atoms with Crippen molar-refractivity contribution in [1.29, 1.82) is 0 Å². The molecule has 1 saturated heterocycles. The summed E-state index contributed by atoms with van der Waals surface area (Å²) in [4.78, 5) is 43.1. The van der Waals surface area contributed by atoms with Gasteiger partial charge in [0.25, 0.3) is 11.5 Å². The molecule has 1 amide bonds. The third-order valence-electron chi connectivity index (χ3n) is 5.84. The number of rotatable bonds is 7. The van der Waals surface area contributed by atoms with Crippen LogP contribution in [-0.2, 0) is 13.0 Å². The number of nitrogens with one attached hydrogen (secondary N) is 1. The fourth-order valence-corrected chi connectivity index (χ4v) is 4.04. The highest BCUT2D eigenvalue weighted by Gasteiger charge is 2.30. The molecule has 0 spiro atoms. The molecule has 2 heterocycles. The number of aliphatic hydroxyl groups is 1. The van der Waals surface area contributed by atoms with Crippen LogP contribution in [0.2, 0.25) is 0 Å². The van der Waals surface area contributed by atoms with Crippen LogP contribution in [0, 0.1) is 5.82 Å². The van der Waals surface area contributed by atoms with E-state index in [1.807, 2.05) is 13.8 Å². The van der Waals surface area contributed by atoms with E-state index in [1.165, 1.54) is 29.0 Å². The highest BCUT2D eigenvalue weighted by atomic mass is 19.1. The number of amides is 1. The predicted molar refractivity (Wildman–Crippen MR) is 115 cm³/mol. The van der Waals surface area contributed by atoms with Crippen LogP contribution in [0.4, 0.5) is 4.39 Å². The van der Waals surface area contributed by atoms with E-state index in [2.05, 4.69) is 9.88 Å². The van der Waals surface area contributed by atoms with Crippen LogP contribution in [0.1, 0.15) is 41.8 Å². The summed E-state index contributed by atoms with van der Waals surface area (Å²) >= 11 is 0. The summed E-state index contributed by atoms with van der Waals surface area (Å²) in [6.07, 6.45) is 2.52. The van der Waals surface area contributed by atoms with E-state index in [4.69, 9.17) is 0 Å². The number of aliphatic hydroxyl groups excluding tert-OH is 1. The highest BCUT2D eigenvalue weighted by molar-refractivity contribution is 5.94. The molecule has 1 aliphatic heterocycles. The Morgan fingerprint density at radius 2 is 2.03 bits per heavy atom. The van der Waals surface area contributed by atoms with Crippen LogP contribution in [0.5, 0.6) is 0 Å². The predicted octanol–water partition coefficient (Wildman–Crippen LogP) is 0.815. The van der Waals surface area contributed by atoms with Crippen molar-refractivity contribution < 1.29 is 14.3 Å². The van der Waals surface area contributed by atoms with Crippen molar-refractivity contribution in [2.45, 2.75) is 39.3 Å². The van der Waals surface area contributed by atoms with E-state index < -0.39 is 23.0 Å². The fraction of sp³-hybridized carbons (Fsp3) is 0.500. The van der Waals surface area contributed by atoms with E-state index >= 15 is 0 Å². The standard InChI is InChI=1S/C22H29FN4O4/c1-3-16-13-27(22(31)24-20(16)29)12-15-5-6-19(23)18(11-15)21(30)26-9-8-25(4-2)17(14-26)7-10-28/h5-6,11,13,17,28H,3-4,7-10,12,14H2,1-2H3,(H,24,29,31)/t17-/m1/s1. The Kier molecular flexibility index (Phi) is 7.40. The van der Waals surface area contributed by atoms with Crippen molar-refractivity contribution in [2.75, 3.05) is 32.8 Å². The molecule has 2 aromatic rings. The number of hydrogen-bond donors (Lipinski definition) is 2. The highest BCUT2D eigenvalue weighted by Crippen LogP contribution is 2.18. The summed E-state index contributed by atoms with van der Waals surface area (Å²) in [5.41, 5.74) is 0.0458. The monoisotopic (exact) mass is 432 g/mol. The van der Waals surface area contributed by atoms with Crippen LogP contribution in [0.25, 0.3) is 0 Å². The number of carbonyl (C=O) groups is 1. The minimum atomic E-state index is -0.617. The average Bonchev–Trinajstić information content (AvgIpc) is 2.76. The molecule has 31 heavy (non-hydrogen) atoms. The van der Waals surface area contributed by atoms with Crippen molar-refractivity contribution in [3.63, 3.8) is 0 Å². The lowest BCUT2D eigenvalue weighted by Gasteiger charge is -2.41. The van der Waals surface area contributed by atoms with Crippen LogP contribution >= 0.6 is 0 Å². The Balaban J connectivity index is 1.84. The zero-order chi connectivity index (χ0) is 22.5. The lowest BCUT2D eigenvalue weighted by Crippen LogP contribution is -2.54. The summed E-state index contributed by atoms with van der Waals surface area (Å²) in [7, 11) is 0. The summed E-state index contributed by atoms with van der Waals surface area (Å²) in [6.45, 7) is 6.39. The average molecular weight is 432 g/mol. The largest absolute Gasteiger partial charge is 0.396 e. The Hall–Kier alpha value is -2.78. The Bertz CT molecular complexity index is 1050. The van der Waals surface area contributed by atoms with Crippen LogP contribution in [0.15, 0.2) is 34.0 Å².